The second-order valence-electron chi connectivity index (χ2n) is 5.93. The normalized spacial score (nSPS) is 13.6. The summed E-state index contributed by atoms with van der Waals surface area (Å²) in [7, 11) is 0. The fourth-order valence-corrected chi connectivity index (χ4v) is 2.95. The molecule has 126 valence electrons. The zero-order chi connectivity index (χ0) is 17.3. The standard InChI is InChI=1S/C18H17F3N2O/c1-11-4-7-15-12(9-11)3-2-8-23(15)10-16(24)22-14-6-5-13(19)17(20)18(14)21/h4-7,9H,2-3,8,10H2,1H3,(H,22,24). The van der Waals surface area contributed by atoms with Gasteiger partial charge in [-0.3, -0.25) is 4.79 Å². The predicted octanol–water partition coefficient (Wildman–Crippen LogP) is 3.80. The summed E-state index contributed by atoms with van der Waals surface area (Å²) in [5.74, 6) is -4.75. The van der Waals surface area contributed by atoms with E-state index in [9.17, 15) is 18.0 Å². The Morgan fingerprint density at radius 3 is 2.75 bits per heavy atom. The maximum Gasteiger partial charge on any atom is 0.243 e. The van der Waals surface area contributed by atoms with Crippen LogP contribution in [0.4, 0.5) is 24.5 Å². The fourth-order valence-electron chi connectivity index (χ4n) is 2.95. The van der Waals surface area contributed by atoms with Crippen LogP contribution in [-0.2, 0) is 11.2 Å². The summed E-state index contributed by atoms with van der Waals surface area (Å²) in [6, 6.07) is 7.83. The summed E-state index contributed by atoms with van der Waals surface area (Å²) in [4.78, 5) is 14.1. The number of hydrogen-bond acceptors (Lipinski definition) is 2. The van der Waals surface area contributed by atoms with Crippen LogP contribution < -0.4 is 10.2 Å². The quantitative estimate of drug-likeness (QED) is 0.866. The molecular weight excluding hydrogens is 317 g/mol. The van der Waals surface area contributed by atoms with Crippen LogP contribution in [0.15, 0.2) is 30.3 Å². The van der Waals surface area contributed by atoms with E-state index in [0.29, 0.717) is 6.54 Å². The molecule has 24 heavy (non-hydrogen) atoms. The van der Waals surface area contributed by atoms with E-state index in [2.05, 4.69) is 11.4 Å². The lowest BCUT2D eigenvalue weighted by atomic mass is 9.99. The first-order chi connectivity index (χ1) is 11.5. The number of nitrogens with one attached hydrogen (secondary N) is 1. The number of fused-ring (bicyclic) bond motifs is 1. The van der Waals surface area contributed by atoms with Gasteiger partial charge in [-0.2, -0.15) is 0 Å². The van der Waals surface area contributed by atoms with Crippen molar-refractivity contribution in [3.63, 3.8) is 0 Å². The van der Waals surface area contributed by atoms with Gasteiger partial charge >= 0.3 is 0 Å². The summed E-state index contributed by atoms with van der Waals surface area (Å²) in [5.41, 5.74) is 2.95. The molecule has 0 atom stereocenters. The van der Waals surface area contributed by atoms with Gasteiger partial charge in [0, 0.05) is 12.2 Å². The number of carbonyl (C=O) groups excluding carboxylic acids is 1. The lowest BCUT2D eigenvalue weighted by Gasteiger charge is -2.31. The van der Waals surface area contributed by atoms with Crippen LogP contribution in [0.5, 0.6) is 0 Å². The average Bonchev–Trinajstić information content (AvgIpc) is 2.55. The molecule has 0 aromatic heterocycles. The van der Waals surface area contributed by atoms with Crippen molar-refractivity contribution in [3.05, 3.63) is 58.9 Å². The van der Waals surface area contributed by atoms with Gasteiger partial charge in [0.15, 0.2) is 17.5 Å². The SMILES string of the molecule is Cc1ccc2c(c1)CCCN2CC(=O)Nc1ccc(F)c(F)c1F. The second kappa shape index (κ2) is 6.55. The molecule has 0 aliphatic carbocycles. The molecule has 0 saturated carbocycles. The molecule has 0 radical (unpaired) electrons. The average molecular weight is 334 g/mol. The molecule has 2 aromatic rings. The predicted molar refractivity (Wildman–Crippen MR) is 86.7 cm³/mol. The zero-order valence-corrected chi connectivity index (χ0v) is 13.2. The molecule has 3 rings (SSSR count). The fraction of sp³-hybridized carbons (Fsp3) is 0.278. The van der Waals surface area contributed by atoms with E-state index in [0.717, 1.165) is 36.2 Å². The Labute approximate surface area is 138 Å². The number of anilines is 2. The Bertz CT molecular complexity index is 792. The lowest BCUT2D eigenvalue weighted by Crippen LogP contribution is -2.37. The van der Waals surface area contributed by atoms with Gasteiger partial charge in [0.2, 0.25) is 5.91 Å². The zero-order valence-electron chi connectivity index (χ0n) is 13.2. The van der Waals surface area contributed by atoms with Crippen molar-refractivity contribution in [2.45, 2.75) is 19.8 Å². The number of halogens is 3. The molecule has 1 aliphatic rings. The topological polar surface area (TPSA) is 32.3 Å². The van der Waals surface area contributed by atoms with Gasteiger partial charge in [0.1, 0.15) is 0 Å². The van der Waals surface area contributed by atoms with Crippen LogP contribution in [0.2, 0.25) is 0 Å². The molecule has 1 N–H and O–H groups in total. The van der Waals surface area contributed by atoms with Gasteiger partial charge in [-0.15, -0.1) is 0 Å². The Kier molecular flexibility index (Phi) is 4.46. The number of rotatable bonds is 3. The summed E-state index contributed by atoms with van der Waals surface area (Å²) < 4.78 is 39.8. The van der Waals surface area contributed by atoms with Gasteiger partial charge in [-0.1, -0.05) is 17.7 Å². The van der Waals surface area contributed by atoms with Crippen molar-refractivity contribution in [1.82, 2.24) is 0 Å². The third-order valence-corrected chi connectivity index (χ3v) is 4.09. The minimum atomic E-state index is -1.59. The van der Waals surface area contributed by atoms with E-state index in [1.807, 2.05) is 24.0 Å². The number of nitrogens with zero attached hydrogens (tertiary/aromatic N) is 1. The Hall–Kier alpha value is -2.50. The second-order valence-corrected chi connectivity index (χ2v) is 5.93. The number of hydrogen-bond donors (Lipinski definition) is 1. The Balaban J connectivity index is 1.74. The minimum Gasteiger partial charge on any atom is -0.362 e. The van der Waals surface area contributed by atoms with Crippen molar-refractivity contribution in [1.29, 1.82) is 0 Å². The van der Waals surface area contributed by atoms with Crippen LogP contribution in [0.25, 0.3) is 0 Å². The molecule has 0 bridgehead atoms. The van der Waals surface area contributed by atoms with E-state index in [4.69, 9.17) is 0 Å². The molecular formula is C18H17F3N2O. The van der Waals surface area contributed by atoms with Crippen LogP contribution >= 0.6 is 0 Å². The van der Waals surface area contributed by atoms with Crippen LogP contribution in [0.1, 0.15) is 17.5 Å². The highest BCUT2D eigenvalue weighted by atomic mass is 19.2. The van der Waals surface area contributed by atoms with Crippen molar-refractivity contribution in [2.24, 2.45) is 0 Å². The first-order valence-electron chi connectivity index (χ1n) is 7.73. The third-order valence-electron chi connectivity index (χ3n) is 4.09. The van der Waals surface area contributed by atoms with E-state index in [-0.39, 0.29) is 12.2 Å². The van der Waals surface area contributed by atoms with E-state index in [1.54, 1.807) is 0 Å². The molecule has 0 spiro atoms. The minimum absolute atomic E-state index is 0.0223. The molecule has 2 aromatic carbocycles. The summed E-state index contributed by atoms with van der Waals surface area (Å²) in [5, 5.41) is 2.31. The maximum atomic E-state index is 13.6. The molecule has 0 saturated heterocycles. The van der Waals surface area contributed by atoms with Gasteiger partial charge in [-0.25, -0.2) is 13.2 Å². The van der Waals surface area contributed by atoms with Crippen molar-refractivity contribution in [2.75, 3.05) is 23.3 Å². The molecule has 6 heteroatoms. The lowest BCUT2D eigenvalue weighted by molar-refractivity contribution is -0.115. The van der Waals surface area contributed by atoms with Crippen LogP contribution in [-0.4, -0.2) is 19.0 Å². The third kappa shape index (κ3) is 3.22. The van der Waals surface area contributed by atoms with Crippen molar-refractivity contribution >= 4 is 17.3 Å². The van der Waals surface area contributed by atoms with Gasteiger partial charge in [0.25, 0.3) is 0 Å². The van der Waals surface area contributed by atoms with E-state index in [1.165, 1.54) is 5.56 Å². The monoisotopic (exact) mass is 334 g/mol. The Morgan fingerprint density at radius 1 is 1.17 bits per heavy atom. The van der Waals surface area contributed by atoms with Crippen LogP contribution in [0, 0.1) is 24.4 Å². The largest absolute Gasteiger partial charge is 0.362 e. The Morgan fingerprint density at radius 2 is 1.96 bits per heavy atom. The molecule has 1 heterocycles. The highest BCUT2D eigenvalue weighted by molar-refractivity contribution is 5.94. The molecule has 0 fully saturated rings. The van der Waals surface area contributed by atoms with Gasteiger partial charge < -0.3 is 10.2 Å². The van der Waals surface area contributed by atoms with Gasteiger partial charge in [-0.05, 0) is 43.5 Å². The molecule has 3 nitrogen and oxygen atoms in total. The summed E-state index contributed by atoms with van der Waals surface area (Å²) in [6.45, 7) is 2.75. The number of carbonyl (C=O) groups is 1. The number of benzene rings is 2. The van der Waals surface area contributed by atoms with E-state index >= 15 is 0 Å². The van der Waals surface area contributed by atoms with E-state index < -0.39 is 23.4 Å². The molecule has 1 amide bonds. The summed E-state index contributed by atoms with van der Waals surface area (Å²) >= 11 is 0. The highest BCUT2D eigenvalue weighted by Gasteiger charge is 2.20. The highest BCUT2D eigenvalue weighted by Crippen LogP contribution is 2.28. The number of aryl methyl sites for hydroxylation is 2. The number of amides is 1. The van der Waals surface area contributed by atoms with Crippen LogP contribution in [0.3, 0.4) is 0 Å². The van der Waals surface area contributed by atoms with Crippen molar-refractivity contribution < 1.29 is 18.0 Å². The maximum absolute atomic E-state index is 13.6. The first kappa shape index (κ1) is 16.4. The first-order valence-corrected chi connectivity index (χ1v) is 7.73. The molecule has 0 unspecified atom stereocenters. The smallest absolute Gasteiger partial charge is 0.243 e. The van der Waals surface area contributed by atoms with Gasteiger partial charge in [0.05, 0.1) is 12.2 Å². The van der Waals surface area contributed by atoms with Crippen molar-refractivity contribution in [3.8, 4) is 0 Å². The summed E-state index contributed by atoms with van der Waals surface area (Å²) in [6.07, 6.45) is 1.87. The molecule has 1 aliphatic heterocycles.